The van der Waals surface area contributed by atoms with E-state index >= 15 is 0 Å². The predicted octanol–water partition coefficient (Wildman–Crippen LogP) is 3.55. The Balaban J connectivity index is 1.61. The minimum Gasteiger partial charge on any atom is -0.472 e. The summed E-state index contributed by atoms with van der Waals surface area (Å²) in [6.45, 7) is 4.45. The number of aliphatic hydroxyl groups is 1. The van der Waals surface area contributed by atoms with Crippen LogP contribution in [0.15, 0.2) is 42.6 Å². The summed E-state index contributed by atoms with van der Waals surface area (Å²) >= 11 is 0. The second-order valence-electron chi connectivity index (χ2n) is 9.88. The van der Waals surface area contributed by atoms with Crippen LogP contribution in [0.3, 0.4) is 0 Å². The number of pyridine rings is 1. The molecule has 1 aliphatic heterocycles. The lowest BCUT2D eigenvalue weighted by Crippen LogP contribution is -2.52. The van der Waals surface area contributed by atoms with Gasteiger partial charge in [-0.25, -0.2) is 9.78 Å². The van der Waals surface area contributed by atoms with E-state index in [-0.39, 0.29) is 48.5 Å². The number of carbonyl (C=O) groups excluding carboxylic acids is 2. The smallest absolute Gasteiger partial charge is 0.317 e. The summed E-state index contributed by atoms with van der Waals surface area (Å²) in [5.74, 6) is -0.0473. The first kappa shape index (κ1) is 25.0. The molecule has 0 saturated heterocycles. The molecule has 1 aromatic heterocycles. The highest BCUT2D eigenvalue weighted by Gasteiger charge is 2.35. The summed E-state index contributed by atoms with van der Waals surface area (Å²) in [5, 5.41) is 13.0. The number of nitrogens with one attached hydrogen (secondary N) is 1. The monoisotopic (exact) mass is 480 g/mol. The Hall–Kier alpha value is -3.13. The molecule has 2 N–H and O–H groups in total. The largest absolute Gasteiger partial charge is 0.472 e. The molecule has 1 saturated carbocycles. The van der Waals surface area contributed by atoms with Gasteiger partial charge in [-0.05, 0) is 31.4 Å². The number of aromatic nitrogens is 1. The van der Waals surface area contributed by atoms with Crippen molar-refractivity contribution < 1.29 is 19.4 Å². The minimum atomic E-state index is -0.371. The van der Waals surface area contributed by atoms with Gasteiger partial charge in [-0.2, -0.15) is 0 Å². The highest BCUT2D eigenvalue weighted by atomic mass is 16.5. The molecule has 0 spiro atoms. The quantitative estimate of drug-likeness (QED) is 0.659. The first-order valence-electron chi connectivity index (χ1n) is 12.5. The van der Waals surface area contributed by atoms with Crippen LogP contribution in [0, 0.1) is 5.92 Å². The van der Waals surface area contributed by atoms with Crippen molar-refractivity contribution in [3.63, 3.8) is 0 Å². The maximum atomic E-state index is 13.6. The topological polar surface area (TPSA) is 95.0 Å². The van der Waals surface area contributed by atoms with Gasteiger partial charge < -0.3 is 25.0 Å². The van der Waals surface area contributed by atoms with Gasteiger partial charge in [0, 0.05) is 37.3 Å². The Labute approximate surface area is 207 Å². The van der Waals surface area contributed by atoms with E-state index in [1.165, 1.54) is 0 Å². The Bertz CT molecular complexity index is 1030. The van der Waals surface area contributed by atoms with Crippen LogP contribution in [0.5, 0.6) is 5.88 Å². The van der Waals surface area contributed by atoms with Crippen LogP contribution in [0.25, 0.3) is 11.1 Å². The minimum absolute atomic E-state index is 0.0848. The average Bonchev–Trinajstić information content (AvgIpc) is 3.39. The van der Waals surface area contributed by atoms with Crippen molar-refractivity contribution in [3.8, 4) is 17.0 Å². The Morgan fingerprint density at radius 1 is 1.26 bits per heavy atom. The lowest BCUT2D eigenvalue weighted by molar-refractivity contribution is 0.0351. The molecule has 1 fully saturated rings. The first-order chi connectivity index (χ1) is 16.9. The van der Waals surface area contributed by atoms with E-state index in [0.717, 1.165) is 36.8 Å². The van der Waals surface area contributed by atoms with Gasteiger partial charge in [0.1, 0.15) is 11.7 Å². The summed E-state index contributed by atoms with van der Waals surface area (Å²) < 4.78 is 6.32. The molecule has 8 nitrogen and oxygen atoms in total. The van der Waals surface area contributed by atoms with Gasteiger partial charge in [-0.1, -0.05) is 50.1 Å². The van der Waals surface area contributed by atoms with Crippen molar-refractivity contribution in [2.45, 2.75) is 57.7 Å². The average molecular weight is 481 g/mol. The predicted molar refractivity (Wildman–Crippen MR) is 134 cm³/mol. The van der Waals surface area contributed by atoms with Gasteiger partial charge >= 0.3 is 6.03 Å². The normalized spacial score (nSPS) is 21.5. The molecular weight excluding hydrogens is 444 g/mol. The summed E-state index contributed by atoms with van der Waals surface area (Å²) in [6.07, 6.45) is 5.68. The molecule has 1 aliphatic carbocycles. The van der Waals surface area contributed by atoms with E-state index in [1.807, 2.05) is 44.2 Å². The van der Waals surface area contributed by atoms with Crippen LogP contribution >= 0.6 is 0 Å². The zero-order valence-corrected chi connectivity index (χ0v) is 20.8. The maximum Gasteiger partial charge on any atom is 0.317 e. The zero-order chi connectivity index (χ0) is 24.9. The van der Waals surface area contributed by atoms with Gasteiger partial charge in [0.25, 0.3) is 5.91 Å². The molecular formula is C27H36N4O4. The molecule has 2 heterocycles. The van der Waals surface area contributed by atoms with E-state index in [9.17, 15) is 14.7 Å². The van der Waals surface area contributed by atoms with Crippen LogP contribution in [0.1, 0.15) is 49.9 Å². The van der Waals surface area contributed by atoms with Crippen LogP contribution in [-0.2, 0) is 0 Å². The molecule has 0 bridgehead atoms. The third-order valence-electron chi connectivity index (χ3n) is 7.11. The second-order valence-corrected chi connectivity index (χ2v) is 9.88. The molecule has 2 aromatic rings. The summed E-state index contributed by atoms with van der Waals surface area (Å²) in [7, 11) is 1.77. The van der Waals surface area contributed by atoms with Crippen molar-refractivity contribution in [2.75, 3.05) is 26.7 Å². The van der Waals surface area contributed by atoms with Crippen LogP contribution in [0.4, 0.5) is 4.79 Å². The number of hydrogen-bond acceptors (Lipinski definition) is 5. The van der Waals surface area contributed by atoms with Gasteiger partial charge in [-0.3, -0.25) is 4.79 Å². The molecule has 4 rings (SSSR count). The number of carbonyl (C=O) groups is 2. The Kier molecular flexibility index (Phi) is 7.90. The van der Waals surface area contributed by atoms with Gasteiger partial charge in [0.15, 0.2) is 0 Å². The van der Waals surface area contributed by atoms with Crippen molar-refractivity contribution in [1.29, 1.82) is 0 Å². The first-order valence-corrected chi connectivity index (χ1v) is 12.5. The third kappa shape index (κ3) is 5.75. The number of hydrogen-bond donors (Lipinski definition) is 2. The van der Waals surface area contributed by atoms with E-state index in [2.05, 4.69) is 10.3 Å². The Morgan fingerprint density at radius 3 is 2.66 bits per heavy atom. The summed E-state index contributed by atoms with van der Waals surface area (Å²) in [5.41, 5.74) is 2.13. The fraction of sp³-hybridized carbons (Fsp3) is 0.519. The molecule has 0 unspecified atom stereocenters. The molecule has 1 aromatic carbocycles. The van der Waals surface area contributed by atoms with Crippen molar-refractivity contribution >= 4 is 11.9 Å². The van der Waals surface area contributed by atoms with Gasteiger partial charge in [-0.15, -0.1) is 0 Å². The molecule has 188 valence electrons. The lowest BCUT2D eigenvalue weighted by Gasteiger charge is -2.37. The number of ether oxygens (including phenoxy) is 1. The van der Waals surface area contributed by atoms with Crippen molar-refractivity contribution in [1.82, 2.24) is 20.1 Å². The number of urea groups is 1. The number of nitrogens with zero attached hydrogens (tertiary/aromatic N) is 3. The molecule has 3 amide bonds. The van der Waals surface area contributed by atoms with Gasteiger partial charge in [0.2, 0.25) is 5.88 Å². The van der Waals surface area contributed by atoms with E-state index < -0.39 is 0 Å². The number of likely N-dealkylation sites (N-methyl/N-ethyl adjacent to an activating group) is 1. The summed E-state index contributed by atoms with van der Waals surface area (Å²) in [4.78, 5) is 34.2. The van der Waals surface area contributed by atoms with Crippen molar-refractivity contribution in [3.05, 3.63) is 48.2 Å². The highest BCUT2D eigenvalue weighted by Crippen LogP contribution is 2.30. The fourth-order valence-electron chi connectivity index (χ4n) is 4.82. The lowest BCUT2D eigenvalue weighted by atomic mass is 9.99. The molecule has 8 heteroatoms. The number of benzene rings is 1. The van der Waals surface area contributed by atoms with Gasteiger partial charge in [0.05, 0.1) is 19.2 Å². The Morgan fingerprint density at radius 2 is 1.97 bits per heavy atom. The molecule has 35 heavy (non-hydrogen) atoms. The molecule has 3 atom stereocenters. The molecule has 2 aliphatic rings. The summed E-state index contributed by atoms with van der Waals surface area (Å²) in [6, 6.07) is 11.3. The number of aliphatic hydroxyl groups excluding tert-OH is 1. The maximum absolute atomic E-state index is 13.6. The third-order valence-corrected chi connectivity index (χ3v) is 7.11. The van der Waals surface area contributed by atoms with E-state index in [4.69, 9.17) is 4.74 Å². The van der Waals surface area contributed by atoms with E-state index in [0.29, 0.717) is 18.7 Å². The van der Waals surface area contributed by atoms with E-state index in [1.54, 1.807) is 29.1 Å². The highest BCUT2D eigenvalue weighted by molar-refractivity contribution is 5.98. The number of amides is 3. The van der Waals surface area contributed by atoms with Crippen LogP contribution in [-0.4, -0.2) is 76.8 Å². The van der Waals surface area contributed by atoms with Crippen molar-refractivity contribution in [2.24, 2.45) is 5.92 Å². The SMILES string of the molecule is C[C@H]1CN([C@@H](C)CO)C(=O)c2cc(-c3ccccc3)cnc2O[C@H]1CN(C)C(=O)NC1CCCC1. The number of fused-ring (bicyclic) bond motifs is 1. The van der Waals surface area contributed by atoms with Crippen LogP contribution < -0.4 is 10.1 Å². The number of rotatable bonds is 6. The zero-order valence-electron chi connectivity index (χ0n) is 20.8. The standard InChI is InChI=1S/C27H36N4O4/c1-18-15-31(19(2)17-32)26(33)23-13-21(20-9-5-4-6-10-20)14-28-25(23)35-24(18)16-30(3)27(34)29-22-11-7-8-12-22/h4-6,9-10,13-14,18-19,22,24,32H,7-8,11-12,15-17H2,1-3H3,(H,29,34)/t18-,19-,24-/m0/s1. The van der Waals surface area contributed by atoms with Crippen LogP contribution in [0.2, 0.25) is 0 Å². The molecule has 0 radical (unpaired) electrons. The fourth-order valence-corrected chi connectivity index (χ4v) is 4.82. The second kappa shape index (κ2) is 11.1.